The van der Waals surface area contributed by atoms with Gasteiger partial charge in [0.25, 0.3) is 0 Å². The van der Waals surface area contributed by atoms with Gasteiger partial charge in [-0.05, 0) is 81.9 Å². The molecular weight excluding hydrogens is 835 g/mol. The summed E-state index contributed by atoms with van der Waals surface area (Å²) in [6.07, 6.45) is 0. The molecule has 14 aromatic rings. The molecule has 4 aromatic heterocycles. The molecule has 0 amide bonds. The maximum absolute atomic E-state index is 6.57. The van der Waals surface area contributed by atoms with Crippen LogP contribution in [0.15, 0.2) is 229 Å². The molecule has 0 unspecified atom stereocenters. The fourth-order valence-corrected chi connectivity index (χ4v) is 11.4. The van der Waals surface area contributed by atoms with Crippen molar-refractivity contribution in [1.29, 1.82) is 0 Å². The molecule has 0 fully saturated rings. The summed E-state index contributed by atoms with van der Waals surface area (Å²) < 4.78 is 11.5. The predicted octanol–water partition coefficient (Wildman–Crippen LogP) is 17.3. The van der Waals surface area contributed by atoms with E-state index in [1.165, 1.54) is 36.9 Å². The minimum absolute atomic E-state index is 0.622. The number of hydrogen-bond acceptors (Lipinski definition) is 4. The zero-order valence-corrected chi connectivity index (χ0v) is 36.8. The van der Waals surface area contributed by atoms with E-state index < -0.39 is 0 Å². The highest BCUT2D eigenvalue weighted by Crippen LogP contribution is 2.43. The number of hydrogen-bond donors (Lipinski definition) is 0. The van der Waals surface area contributed by atoms with Gasteiger partial charge in [-0.25, -0.2) is 9.97 Å². The lowest BCUT2D eigenvalue weighted by Crippen LogP contribution is -2.04. The van der Waals surface area contributed by atoms with E-state index in [1.54, 1.807) is 0 Å². The molecule has 67 heavy (non-hydrogen) atoms. The summed E-state index contributed by atoms with van der Waals surface area (Å²) >= 11 is 1.86. The minimum Gasteiger partial charge on any atom is -0.455 e. The molecule has 0 N–H and O–H groups in total. The van der Waals surface area contributed by atoms with E-state index in [0.717, 1.165) is 93.7 Å². The number of rotatable bonds is 6. The van der Waals surface area contributed by atoms with E-state index in [0.29, 0.717) is 5.95 Å². The fraction of sp³-hybridized carbons (Fsp3) is 0. The molecule has 0 spiro atoms. The topological polar surface area (TPSA) is 43.9 Å². The maximum atomic E-state index is 6.57. The van der Waals surface area contributed by atoms with Crippen molar-refractivity contribution in [3.05, 3.63) is 224 Å². The van der Waals surface area contributed by atoms with Gasteiger partial charge in [-0.15, -0.1) is 11.3 Å². The number of fused-ring (bicyclic) bond motifs is 10. The lowest BCUT2D eigenvalue weighted by molar-refractivity contribution is 0.670. The average Bonchev–Trinajstić information content (AvgIpc) is 4.08. The quantitative estimate of drug-likeness (QED) is 0.167. The van der Waals surface area contributed by atoms with Gasteiger partial charge in [0.15, 0.2) is 0 Å². The first kappa shape index (κ1) is 37.7. The second kappa shape index (κ2) is 15.0. The fourth-order valence-electron chi connectivity index (χ4n) is 10.3. The van der Waals surface area contributed by atoms with E-state index >= 15 is 0 Å². The van der Waals surface area contributed by atoms with Crippen molar-refractivity contribution in [3.63, 3.8) is 0 Å². The van der Waals surface area contributed by atoms with E-state index in [9.17, 15) is 0 Å². The van der Waals surface area contributed by atoms with Crippen LogP contribution >= 0.6 is 11.3 Å². The summed E-state index contributed by atoms with van der Waals surface area (Å²) in [5.41, 5.74) is 15.8. The smallest absolute Gasteiger partial charge is 0.235 e. The maximum Gasteiger partial charge on any atom is 0.235 e. The molecule has 5 heteroatoms. The highest BCUT2D eigenvalue weighted by Gasteiger charge is 2.22. The first-order chi connectivity index (χ1) is 33.2. The van der Waals surface area contributed by atoms with Gasteiger partial charge in [0.2, 0.25) is 5.95 Å². The summed E-state index contributed by atoms with van der Waals surface area (Å²) in [7, 11) is 0. The Kier molecular flexibility index (Phi) is 8.42. The van der Waals surface area contributed by atoms with E-state index in [1.807, 2.05) is 29.5 Å². The average molecular weight is 872 g/mol. The Bertz CT molecular complexity index is 4290. The number of furan rings is 1. The first-order valence-corrected chi connectivity index (χ1v) is 23.4. The molecular formula is C62H37N3OS. The summed E-state index contributed by atoms with van der Waals surface area (Å²) in [5, 5.41) is 8.10. The van der Waals surface area contributed by atoms with E-state index in [2.05, 4.69) is 211 Å². The van der Waals surface area contributed by atoms with E-state index in [-0.39, 0.29) is 0 Å². The Balaban J connectivity index is 0.969. The van der Waals surface area contributed by atoms with Crippen molar-refractivity contribution in [2.75, 3.05) is 0 Å². The van der Waals surface area contributed by atoms with Crippen molar-refractivity contribution in [3.8, 4) is 61.7 Å². The van der Waals surface area contributed by atoms with Crippen LogP contribution in [0.25, 0.3) is 137 Å². The van der Waals surface area contributed by atoms with Crippen LogP contribution in [0.5, 0.6) is 0 Å². The van der Waals surface area contributed by atoms with Crippen molar-refractivity contribution in [2.24, 2.45) is 0 Å². The van der Waals surface area contributed by atoms with Crippen molar-refractivity contribution < 1.29 is 4.42 Å². The van der Waals surface area contributed by atoms with Crippen LogP contribution in [-0.2, 0) is 0 Å². The highest BCUT2D eigenvalue weighted by atomic mass is 32.1. The predicted molar refractivity (Wildman–Crippen MR) is 281 cm³/mol. The van der Waals surface area contributed by atoms with Gasteiger partial charge in [-0.1, -0.05) is 176 Å². The van der Waals surface area contributed by atoms with Crippen LogP contribution in [0.3, 0.4) is 0 Å². The van der Waals surface area contributed by atoms with Crippen LogP contribution in [0.4, 0.5) is 0 Å². The SMILES string of the molecule is c1ccc(-c2nc(-n3c4ccc(-c5cccc6c5oc5ccccc56)cc4c4cccc(-c5cccc(-c6cccc(-c7ccc8c(c7)sc7ccccc78)c6)c5)c43)nc3ccccc23)cc1. The van der Waals surface area contributed by atoms with Crippen LogP contribution in [0.2, 0.25) is 0 Å². The molecule has 14 rings (SSSR count). The Morgan fingerprint density at radius 2 is 0.955 bits per heavy atom. The number of benzene rings is 10. The van der Waals surface area contributed by atoms with Gasteiger partial charge in [-0.2, -0.15) is 0 Å². The van der Waals surface area contributed by atoms with Crippen molar-refractivity contribution >= 4 is 86.2 Å². The Morgan fingerprint density at radius 3 is 1.81 bits per heavy atom. The summed E-state index contributed by atoms with van der Waals surface area (Å²) in [4.78, 5) is 10.8. The molecule has 0 radical (unpaired) electrons. The molecule has 0 aliphatic heterocycles. The highest BCUT2D eigenvalue weighted by molar-refractivity contribution is 7.25. The third-order valence-electron chi connectivity index (χ3n) is 13.4. The van der Waals surface area contributed by atoms with Gasteiger partial charge >= 0.3 is 0 Å². The standard InChI is InChI=1S/C62H37N3OS/c1-2-14-38(15-3-1)59-52-22-4-7-27-54(52)63-62(64-59)65-55-33-31-44(46-24-13-26-51-47-20-5-8-28-56(47)66-61(46)51)36-53(55)50-25-12-23-45(60(50)65)43-19-11-18-41(35-43)39-16-10-17-40(34-39)42-30-32-49-48-21-6-9-29-57(48)67-58(49)37-42/h1-37H. The zero-order valence-electron chi connectivity index (χ0n) is 36.0. The number of aromatic nitrogens is 3. The monoisotopic (exact) mass is 871 g/mol. The molecule has 4 nitrogen and oxygen atoms in total. The second-order valence-electron chi connectivity index (χ2n) is 17.3. The largest absolute Gasteiger partial charge is 0.455 e. The Hall–Kier alpha value is -8.64. The summed E-state index contributed by atoms with van der Waals surface area (Å²) in [6, 6.07) is 80.4. The molecule has 0 aliphatic rings. The molecule has 312 valence electrons. The van der Waals surface area contributed by atoms with Crippen molar-refractivity contribution in [1.82, 2.24) is 14.5 Å². The first-order valence-electron chi connectivity index (χ1n) is 22.6. The molecule has 4 heterocycles. The molecule has 0 saturated heterocycles. The molecule has 10 aromatic carbocycles. The molecule has 0 saturated carbocycles. The van der Waals surface area contributed by atoms with Gasteiger partial charge in [0.1, 0.15) is 11.2 Å². The third kappa shape index (κ3) is 6.06. The van der Waals surface area contributed by atoms with E-state index in [4.69, 9.17) is 14.4 Å². The van der Waals surface area contributed by atoms with Gasteiger partial charge in [0.05, 0.1) is 22.2 Å². The molecule has 0 aliphatic carbocycles. The lowest BCUT2D eigenvalue weighted by atomic mass is 9.95. The summed E-state index contributed by atoms with van der Waals surface area (Å²) in [5.74, 6) is 0.622. The normalized spacial score (nSPS) is 11.9. The molecule has 0 bridgehead atoms. The number of para-hydroxylation sites is 4. The van der Waals surface area contributed by atoms with Crippen LogP contribution in [0.1, 0.15) is 0 Å². The van der Waals surface area contributed by atoms with Crippen molar-refractivity contribution in [2.45, 2.75) is 0 Å². The van der Waals surface area contributed by atoms with Gasteiger partial charge in [0, 0.05) is 63.8 Å². The van der Waals surface area contributed by atoms with Crippen LogP contribution in [-0.4, -0.2) is 14.5 Å². The minimum atomic E-state index is 0.622. The third-order valence-corrected chi connectivity index (χ3v) is 14.6. The number of thiophene rings is 1. The lowest BCUT2D eigenvalue weighted by Gasteiger charge is -2.14. The van der Waals surface area contributed by atoms with Crippen LogP contribution < -0.4 is 0 Å². The Labute approximate surface area is 389 Å². The Morgan fingerprint density at radius 1 is 0.358 bits per heavy atom. The summed E-state index contributed by atoms with van der Waals surface area (Å²) in [6.45, 7) is 0. The van der Waals surface area contributed by atoms with Gasteiger partial charge in [-0.3, -0.25) is 4.57 Å². The number of nitrogens with zero attached hydrogens (tertiary/aromatic N) is 3. The zero-order chi connectivity index (χ0) is 44.0. The van der Waals surface area contributed by atoms with Crippen LogP contribution in [0, 0.1) is 0 Å². The van der Waals surface area contributed by atoms with Gasteiger partial charge < -0.3 is 4.42 Å². The second-order valence-corrected chi connectivity index (χ2v) is 18.4. The molecule has 0 atom stereocenters.